The van der Waals surface area contributed by atoms with Crippen molar-refractivity contribution >= 4 is 39.1 Å². The van der Waals surface area contributed by atoms with Crippen molar-refractivity contribution in [2.75, 3.05) is 23.9 Å². The molecular weight excluding hydrogens is 522 g/mol. The van der Waals surface area contributed by atoms with Crippen LogP contribution in [0.2, 0.25) is 5.02 Å². The predicted octanol–water partition coefficient (Wildman–Crippen LogP) is 4.83. The Morgan fingerprint density at radius 2 is 1.61 bits per heavy atom. The highest BCUT2D eigenvalue weighted by Crippen LogP contribution is 2.29. The van der Waals surface area contributed by atoms with Gasteiger partial charge in [-0.1, -0.05) is 73.1 Å². The fourth-order valence-electron chi connectivity index (χ4n) is 4.05. The smallest absolute Gasteiger partial charge is 0.264 e. The van der Waals surface area contributed by atoms with Gasteiger partial charge in [0.25, 0.3) is 10.0 Å². The number of amides is 2. The minimum Gasteiger partial charge on any atom is -0.354 e. The van der Waals surface area contributed by atoms with Gasteiger partial charge in [0.05, 0.1) is 10.6 Å². The summed E-state index contributed by atoms with van der Waals surface area (Å²) < 4.78 is 28.7. The number of carbonyl (C=O) groups is 2. The molecule has 3 aromatic rings. The molecule has 3 aromatic carbocycles. The molecule has 7 nitrogen and oxygen atoms in total. The van der Waals surface area contributed by atoms with Crippen LogP contribution in [0.25, 0.3) is 0 Å². The van der Waals surface area contributed by atoms with Crippen molar-refractivity contribution < 1.29 is 18.0 Å². The minimum absolute atomic E-state index is 0.0525. The van der Waals surface area contributed by atoms with E-state index in [0.29, 0.717) is 29.2 Å². The van der Waals surface area contributed by atoms with Gasteiger partial charge in [-0.3, -0.25) is 13.9 Å². The van der Waals surface area contributed by atoms with Crippen molar-refractivity contribution in [1.29, 1.82) is 0 Å². The maximum absolute atomic E-state index is 13.8. The molecule has 0 fully saturated rings. The summed E-state index contributed by atoms with van der Waals surface area (Å²) in [5.41, 5.74) is 1.96. The number of nitrogens with zero attached hydrogens (tertiary/aromatic N) is 2. The Morgan fingerprint density at radius 3 is 2.24 bits per heavy atom. The van der Waals surface area contributed by atoms with Crippen LogP contribution in [-0.2, 0) is 26.0 Å². The van der Waals surface area contributed by atoms with Gasteiger partial charge >= 0.3 is 0 Å². The zero-order chi connectivity index (χ0) is 27.7. The molecule has 0 spiro atoms. The number of sulfonamides is 1. The molecule has 0 aromatic heterocycles. The molecule has 0 aliphatic rings. The molecule has 0 saturated carbocycles. The first-order valence-corrected chi connectivity index (χ1v) is 14.4. The van der Waals surface area contributed by atoms with Crippen LogP contribution in [0.4, 0.5) is 5.69 Å². The molecule has 1 atom stereocenters. The predicted molar refractivity (Wildman–Crippen MR) is 152 cm³/mol. The second-order valence-electron chi connectivity index (χ2n) is 9.05. The number of anilines is 1. The molecule has 38 heavy (non-hydrogen) atoms. The van der Waals surface area contributed by atoms with Crippen molar-refractivity contribution in [1.82, 2.24) is 10.2 Å². The van der Waals surface area contributed by atoms with E-state index in [0.717, 1.165) is 16.3 Å². The topological polar surface area (TPSA) is 86.8 Å². The maximum Gasteiger partial charge on any atom is 0.264 e. The molecule has 9 heteroatoms. The summed E-state index contributed by atoms with van der Waals surface area (Å²) in [6.45, 7) is 5.62. The SMILES string of the molecule is CCCNC(=O)[C@H](C)N(CCc1ccccc1)C(=O)CN(c1cc(Cl)ccc1C)S(=O)(=O)c1ccccc1. The highest BCUT2D eigenvalue weighted by atomic mass is 35.5. The van der Waals surface area contributed by atoms with Crippen LogP contribution in [0.1, 0.15) is 31.4 Å². The average molecular weight is 556 g/mol. The van der Waals surface area contributed by atoms with Gasteiger partial charge < -0.3 is 10.2 Å². The third-order valence-electron chi connectivity index (χ3n) is 6.25. The van der Waals surface area contributed by atoms with E-state index >= 15 is 0 Å². The lowest BCUT2D eigenvalue weighted by Crippen LogP contribution is -2.52. The fourth-order valence-corrected chi connectivity index (χ4v) is 5.71. The molecular formula is C29H34ClN3O4S. The third kappa shape index (κ3) is 7.36. The first-order chi connectivity index (χ1) is 18.1. The molecule has 0 heterocycles. The quantitative estimate of drug-likeness (QED) is 0.347. The Labute approximate surface area is 230 Å². The Hall–Kier alpha value is -3.36. The van der Waals surface area contributed by atoms with E-state index in [1.165, 1.54) is 23.1 Å². The summed E-state index contributed by atoms with van der Waals surface area (Å²) in [6.07, 6.45) is 1.27. The molecule has 0 radical (unpaired) electrons. The molecule has 3 rings (SSSR count). The Kier molecular flexibility index (Phi) is 10.3. The first-order valence-electron chi connectivity index (χ1n) is 12.6. The summed E-state index contributed by atoms with van der Waals surface area (Å²) in [4.78, 5) is 28.2. The van der Waals surface area contributed by atoms with E-state index in [1.54, 1.807) is 44.2 Å². The van der Waals surface area contributed by atoms with E-state index in [2.05, 4.69) is 5.32 Å². The number of nitrogens with one attached hydrogen (secondary N) is 1. The van der Waals surface area contributed by atoms with Gasteiger partial charge in [-0.15, -0.1) is 0 Å². The summed E-state index contributed by atoms with van der Waals surface area (Å²) in [5, 5.41) is 3.19. The number of carbonyl (C=O) groups excluding carboxylic acids is 2. The summed E-state index contributed by atoms with van der Waals surface area (Å²) in [7, 11) is -4.12. The van der Waals surface area contributed by atoms with Crippen LogP contribution in [-0.4, -0.2) is 50.8 Å². The number of halogens is 1. The molecule has 0 aliphatic carbocycles. The van der Waals surface area contributed by atoms with Crippen molar-refractivity contribution in [3.8, 4) is 0 Å². The Morgan fingerprint density at radius 1 is 0.974 bits per heavy atom. The largest absolute Gasteiger partial charge is 0.354 e. The van der Waals surface area contributed by atoms with E-state index in [4.69, 9.17) is 11.6 Å². The summed E-state index contributed by atoms with van der Waals surface area (Å²) in [5.74, 6) is -0.774. The van der Waals surface area contributed by atoms with Crippen molar-refractivity contribution in [2.45, 2.75) is 44.6 Å². The van der Waals surface area contributed by atoms with Crippen LogP contribution in [0.3, 0.4) is 0 Å². The molecule has 202 valence electrons. The van der Waals surface area contributed by atoms with Crippen molar-refractivity contribution in [3.05, 3.63) is 95.0 Å². The Balaban J connectivity index is 1.99. The molecule has 0 bridgehead atoms. The standard InChI is InChI=1S/C29H34ClN3O4S/c1-4-18-31-29(35)23(3)32(19-17-24-11-7-5-8-12-24)28(34)21-33(27-20-25(30)16-15-22(27)2)38(36,37)26-13-9-6-10-14-26/h5-16,20,23H,4,17-19,21H2,1-3H3,(H,31,35)/t23-/m0/s1. The van der Waals surface area contributed by atoms with Crippen molar-refractivity contribution in [2.24, 2.45) is 0 Å². The molecule has 2 amide bonds. The van der Waals surface area contributed by atoms with Crippen LogP contribution in [0.15, 0.2) is 83.8 Å². The zero-order valence-corrected chi connectivity index (χ0v) is 23.5. The Bertz CT molecular complexity index is 1330. The normalized spacial score (nSPS) is 12.0. The molecule has 0 unspecified atom stereocenters. The van der Waals surface area contributed by atoms with Crippen LogP contribution >= 0.6 is 11.6 Å². The average Bonchev–Trinajstić information content (AvgIpc) is 2.92. The van der Waals surface area contributed by atoms with Gasteiger partial charge in [-0.2, -0.15) is 0 Å². The first kappa shape index (κ1) is 29.2. The second kappa shape index (κ2) is 13.4. The number of hydrogen-bond acceptors (Lipinski definition) is 4. The van der Waals surface area contributed by atoms with Gasteiger partial charge in [0.15, 0.2) is 0 Å². The maximum atomic E-state index is 13.8. The molecule has 0 saturated heterocycles. The monoisotopic (exact) mass is 555 g/mol. The van der Waals surface area contributed by atoms with Crippen LogP contribution in [0.5, 0.6) is 0 Å². The van der Waals surface area contributed by atoms with Gasteiger partial charge in [-0.05, 0) is 62.1 Å². The van der Waals surface area contributed by atoms with E-state index in [1.807, 2.05) is 37.3 Å². The zero-order valence-electron chi connectivity index (χ0n) is 21.9. The lowest BCUT2D eigenvalue weighted by Gasteiger charge is -2.32. The third-order valence-corrected chi connectivity index (χ3v) is 8.26. The van der Waals surface area contributed by atoms with Crippen molar-refractivity contribution in [3.63, 3.8) is 0 Å². The van der Waals surface area contributed by atoms with E-state index in [-0.39, 0.29) is 17.3 Å². The second-order valence-corrected chi connectivity index (χ2v) is 11.3. The lowest BCUT2D eigenvalue weighted by atomic mass is 10.1. The number of benzene rings is 3. The van der Waals surface area contributed by atoms with Gasteiger partial charge in [0.2, 0.25) is 11.8 Å². The van der Waals surface area contributed by atoms with E-state index in [9.17, 15) is 18.0 Å². The molecule has 1 N–H and O–H groups in total. The van der Waals surface area contributed by atoms with Gasteiger partial charge in [0.1, 0.15) is 12.6 Å². The van der Waals surface area contributed by atoms with Crippen LogP contribution < -0.4 is 9.62 Å². The summed E-state index contributed by atoms with van der Waals surface area (Å²) >= 11 is 6.24. The minimum atomic E-state index is -4.12. The molecule has 0 aliphatic heterocycles. The van der Waals surface area contributed by atoms with Gasteiger partial charge in [0, 0.05) is 18.1 Å². The summed E-state index contributed by atoms with van der Waals surface area (Å²) in [6, 6.07) is 21.7. The number of aryl methyl sites for hydroxylation is 1. The lowest BCUT2D eigenvalue weighted by molar-refractivity contribution is -0.138. The van der Waals surface area contributed by atoms with Gasteiger partial charge in [-0.25, -0.2) is 8.42 Å². The fraction of sp³-hybridized carbons (Fsp3) is 0.310. The van der Waals surface area contributed by atoms with Crippen LogP contribution in [0, 0.1) is 6.92 Å². The highest BCUT2D eigenvalue weighted by molar-refractivity contribution is 7.92. The highest BCUT2D eigenvalue weighted by Gasteiger charge is 2.32. The number of rotatable bonds is 12. The van der Waals surface area contributed by atoms with E-state index < -0.39 is 28.5 Å². The number of hydrogen-bond donors (Lipinski definition) is 1.